The SMILES string of the molecule is Cc1nsc(SC(C)(C)CN)n1. The lowest BCUT2D eigenvalue weighted by Crippen LogP contribution is -2.26. The Labute approximate surface area is 80.9 Å². The van der Waals surface area contributed by atoms with Crippen molar-refractivity contribution in [3.8, 4) is 0 Å². The largest absolute Gasteiger partial charge is 0.329 e. The molecular formula is C7H13N3S2. The minimum absolute atomic E-state index is 0.0615. The van der Waals surface area contributed by atoms with Crippen molar-refractivity contribution in [1.82, 2.24) is 9.36 Å². The van der Waals surface area contributed by atoms with Crippen molar-refractivity contribution in [2.24, 2.45) is 5.73 Å². The molecule has 0 amide bonds. The average Bonchev–Trinajstić information content (AvgIpc) is 2.35. The summed E-state index contributed by atoms with van der Waals surface area (Å²) in [7, 11) is 0. The van der Waals surface area contributed by atoms with E-state index in [1.807, 2.05) is 6.92 Å². The highest BCUT2D eigenvalue weighted by atomic mass is 32.2. The second-order valence-electron chi connectivity index (χ2n) is 3.17. The van der Waals surface area contributed by atoms with Crippen molar-refractivity contribution in [3.63, 3.8) is 0 Å². The van der Waals surface area contributed by atoms with Crippen molar-refractivity contribution < 1.29 is 0 Å². The van der Waals surface area contributed by atoms with Gasteiger partial charge in [-0.3, -0.25) is 0 Å². The van der Waals surface area contributed by atoms with Crippen LogP contribution >= 0.6 is 23.3 Å². The van der Waals surface area contributed by atoms with Crippen molar-refractivity contribution in [2.75, 3.05) is 6.54 Å². The Hall–Kier alpha value is -0.130. The molecule has 0 spiro atoms. The van der Waals surface area contributed by atoms with Gasteiger partial charge in [0.1, 0.15) is 5.82 Å². The first-order chi connectivity index (χ1) is 5.53. The molecule has 5 heteroatoms. The smallest absolute Gasteiger partial charge is 0.170 e. The van der Waals surface area contributed by atoms with Crippen LogP contribution in [0.3, 0.4) is 0 Å². The van der Waals surface area contributed by atoms with E-state index in [-0.39, 0.29) is 4.75 Å². The average molecular weight is 203 g/mol. The molecule has 1 aromatic rings. The fourth-order valence-corrected chi connectivity index (χ4v) is 2.69. The fraction of sp³-hybridized carbons (Fsp3) is 0.714. The monoisotopic (exact) mass is 203 g/mol. The summed E-state index contributed by atoms with van der Waals surface area (Å²) in [6, 6.07) is 0. The molecule has 1 rings (SSSR count). The summed E-state index contributed by atoms with van der Waals surface area (Å²) in [4.78, 5) is 4.26. The Balaban J connectivity index is 2.63. The first-order valence-corrected chi connectivity index (χ1v) is 5.32. The Morgan fingerprint density at radius 2 is 2.25 bits per heavy atom. The third-order valence-electron chi connectivity index (χ3n) is 1.36. The molecule has 0 saturated heterocycles. The Morgan fingerprint density at radius 3 is 2.67 bits per heavy atom. The Kier molecular flexibility index (Phi) is 3.09. The quantitative estimate of drug-likeness (QED) is 0.759. The zero-order chi connectivity index (χ0) is 9.19. The standard InChI is InChI=1S/C7H13N3S2/c1-5-9-6(12-10-5)11-7(2,3)4-8/h4,8H2,1-3H3. The highest BCUT2D eigenvalue weighted by molar-refractivity contribution is 8.02. The van der Waals surface area contributed by atoms with Gasteiger partial charge in [0.15, 0.2) is 4.34 Å². The summed E-state index contributed by atoms with van der Waals surface area (Å²) in [5.74, 6) is 0.843. The van der Waals surface area contributed by atoms with E-state index in [0.29, 0.717) is 6.54 Å². The molecule has 0 bridgehead atoms. The van der Waals surface area contributed by atoms with Gasteiger partial charge in [0, 0.05) is 11.3 Å². The van der Waals surface area contributed by atoms with Crippen LogP contribution in [0.1, 0.15) is 19.7 Å². The molecule has 2 N–H and O–H groups in total. The summed E-state index contributed by atoms with van der Waals surface area (Å²) in [6.07, 6.45) is 0. The molecule has 0 atom stereocenters. The second-order valence-corrected chi connectivity index (χ2v) is 5.88. The normalized spacial score (nSPS) is 12.0. The number of hydrogen-bond donors (Lipinski definition) is 1. The third kappa shape index (κ3) is 2.73. The van der Waals surface area contributed by atoms with E-state index in [0.717, 1.165) is 10.2 Å². The number of nitrogens with two attached hydrogens (primary N) is 1. The van der Waals surface area contributed by atoms with E-state index in [1.165, 1.54) is 11.5 Å². The Morgan fingerprint density at radius 1 is 1.58 bits per heavy atom. The van der Waals surface area contributed by atoms with Crippen LogP contribution in [0.25, 0.3) is 0 Å². The van der Waals surface area contributed by atoms with E-state index in [2.05, 4.69) is 23.2 Å². The maximum absolute atomic E-state index is 5.60. The van der Waals surface area contributed by atoms with Gasteiger partial charge in [-0.1, -0.05) is 11.8 Å². The predicted octanol–water partition coefficient (Wildman–Crippen LogP) is 1.68. The van der Waals surface area contributed by atoms with Crippen molar-refractivity contribution in [2.45, 2.75) is 29.9 Å². The molecule has 0 aromatic carbocycles. The maximum Gasteiger partial charge on any atom is 0.170 e. The van der Waals surface area contributed by atoms with Crippen LogP contribution in [0, 0.1) is 6.92 Å². The van der Waals surface area contributed by atoms with E-state index in [4.69, 9.17) is 5.73 Å². The molecule has 0 fully saturated rings. The number of thioether (sulfide) groups is 1. The molecule has 1 heterocycles. The lowest BCUT2D eigenvalue weighted by molar-refractivity contribution is 0.722. The van der Waals surface area contributed by atoms with Crippen molar-refractivity contribution >= 4 is 23.3 Å². The second kappa shape index (κ2) is 3.72. The van der Waals surface area contributed by atoms with Crippen LogP contribution in [0.15, 0.2) is 4.34 Å². The van der Waals surface area contributed by atoms with Crippen LogP contribution in [-0.2, 0) is 0 Å². The van der Waals surface area contributed by atoms with Gasteiger partial charge in [0.2, 0.25) is 0 Å². The fourth-order valence-electron chi connectivity index (χ4n) is 0.598. The minimum atomic E-state index is 0.0615. The molecule has 0 aliphatic carbocycles. The van der Waals surface area contributed by atoms with Crippen LogP contribution in [0.5, 0.6) is 0 Å². The zero-order valence-corrected chi connectivity index (χ0v) is 9.13. The van der Waals surface area contributed by atoms with Gasteiger partial charge in [-0.2, -0.15) is 4.37 Å². The number of hydrogen-bond acceptors (Lipinski definition) is 5. The summed E-state index contributed by atoms with van der Waals surface area (Å²) < 4.78 is 5.17. The number of aryl methyl sites for hydroxylation is 1. The summed E-state index contributed by atoms with van der Waals surface area (Å²) >= 11 is 3.12. The van der Waals surface area contributed by atoms with E-state index >= 15 is 0 Å². The first kappa shape index (κ1) is 9.95. The highest BCUT2D eigenvalue weighted by Gasteiger charge is 2.19. The number of rotatable bonds is 3. The Bertz CT molecular complexity index is 257. The van der Waals surface area contributed by atoms with Crippen LogP contribution < -0.4 is 5.73 Å². The molecule has 0 unspecified atom stereocenters. The molecule has 0 aliphatic rings. The minimum Gasteiger partial charge on any atom is -0.329 e. The number of aromatic nitrogens is 2. The van der Waals surface area contributed by atoms with Crippen LogP contribution in [0.2, 0.25) is 0 Å². The summed E-state index contributed by atoms with van der Waals surface area (Å²) in [5, 5.41) is 0. The highest BCUT2D eigenvalue weighted by Crippen LogP contribution is 2.32. The molecular weight excluding hydrogens is 190 g/mol. The van der Waals surface area contributed by atoms with Gasteiger partial charge in [-0.05, 0) is 32.3 Å². The zero-order valence-electron chi connectivity index (χ0n) is 7.50. The maximum atomic E-state index is 5.60. The van der Waals surface area contributed by atoms with E-state index in [9.17, 15) is 0 Å². The van der Waals surface area contributed by atoms with Crippen LogP contribution in [0.4, 0.5) is 0 Å². The van der Waals surface area contributed by atoms with Gasteiger partial charge in [0.25, 0.3) is 0 Å². The number of nitrogens with zero attached hydrogens (tertiary/aromatic N) is 2. The van der Waals surface area contributed by atoms with Gasteiger partial charge >= 0.3 is 0 Å². The first-order valence-electron chi connectivity index (χ1n) is 3.73. The molecule has 12 heavy (non-hydrogen) atoms. The van der Waals surface area contributed by atoms with Gasteiger partial charge in [-0.25, -0.2) is 4.98 Å². The molecule has 0 aliphatic heterocycles. The third-order valence-corrected chi connectivity index (χ3v) is 3.43. The van der Waals surface area contributed by atoms with Crippen molar-refractivity contribution in [1.29, 1.82) is 0 Å². The van der Waals surface area contributed by atoms with E-state index < -0.39 is 0 Å². The van der Waals surface area contributed by atoms with Crippen LogP contribution in [-0.4, -0.2) is 20.6 Å². The lowest BCUT2D eigenvalue weighted by Gasteiger charge is -2.18. The van der Waals surface area contributed by atoms with Gasteiger partial charge in [0.05, 0.1) is 0 Å². The molecule has 68 valence electrons. The molecule has 3 nitrogen and oxygen atoms in total. The predicted molar refractivity (Wildman–Crippen MR) is 53.6 cm³/mol. The lowest BCUT2D eigenvalue weighted by atomic mass is 10.2. The van der Waals surface area contributed by atoms with E-state index in [1.54, 1.807) is 11.8 Å². The van der Waals surface area contributed by atoms with Gasteiger partial charge < -0.3 is 5.73 Å². The molecule has 0 radical (unpaired) electrons. The van der Waals surface area contributed by atoms with Gasteiger partial charge in [-0.15, -0.1) is 0 Å². The summed E-state index contributed by atoms with van der Waals surface area (Å²) in [6.45, 7) is 6.76. The van der Waals surface area contributed by atoms with Crippen molar-refractivity contribution in [3.05, 3.63) is 5.82 Å². The molecule has 0 saturated carbocycles. The summed E-state index contributed by atoms with van der Waals surface area (Å²) in [5.41, 5.74) is 5.60. The molecule has 1 aromatic heterocycles. The topological polar surface area (TPSA) is 51.8 Å².